The molecule has 0 unspecified atom stereocenters. The molecule has 154 valence electrons. The molecule has 0 saturated carbocycles. The molecule has 1 aromatic heterocycles. The zero-order chi connectivity index (χ0) is 22.1. The van der Waals surface area contributed by atoms with Crippen molar-refractivity contribution >= 4 is 37.1 Å². The summed E-state index contributed by atoms with van der Waals surface area (Å²) in [6.45, 7) is 18.5. The molecular weight excluding hydrogens is 364 g/mol. The van der Waals surface area contributed by atoms with Gasteiger partial charge in [-0.2, -0.15) is 0 Å². The molecule has 2 heteroatoms. The third-order valence-electron chi connectivity index (χ3n) is 4.94. The molecule has 30 heavy (non-hydrogen) atoms. The Morgan fingerprint density at radius 1 is 0.833 bits per heavy atom. The van der Waals surface area contributed by atoms with E-state index in [0.717, 1.165) is 44.3 Å². The first-order valence-electron chi connectivity index (χ1n) is 10.3. The Labute approximate surface area is 180 Å². The Hall–Kier alpha value is -3.52. The van der Waals surface area contributed by atoms with Gasteiger partial charge < -0.3 is 9.88 Å². The number of para-hydroxylation sites is 2. The van der Waals surface area contributed by atoms with Gasteiger partial charge in [0.05, 0.1) is 5.69 Å². The van der Waals surface area contributed by atoms with Crippen molar-refractivity contribution in [2.75, 3.05) is 12.4 Å². The Balaban J connectivity index is 0.00000155. The van der Waals surface area contributed by atoms with Crippen LogP contribution in [0.25, 0.3) is 37.1 Å². The van der Waals surface area contributed by atoms with E-state index in [-0.39, 0.29) is 0 Å². The van der Waals surface area contributed by atoms with Gasteiger partial charge in [0, 0.05) is 29.0 Å². The second-order valence-electron chi connectivity index (χ2n) is 6.59. The van der Waals surface area contributed by atoms with Gasteiger partial charge in [0.2, 0.25) is 0 Å². The molecule has 0 fully saturated rings. The van der Waals surface area contributed by atoms with Crippen molar-refractivity contribution in [2.24, 2.45) is 0 Å². The number of rotatable bonds is 6. The first kappa shape index (κ1) is 22.8. The van der Waals surface area contributed by atoms with E-state index in [1.807, 2.05) is 57.3 Å². The fourth-order valence-corrected chi connectivity index (χ4v) is 3.38. The third-order valence-corrected chi connectivity index (χ3v) is 4.94. The summed E-state index contributed by atoms with van der Waals surface area (Å²) >= 11 is 0. The molecule has 2 nitrogen and oxygen atoms in total. The largest absolute Gasteiger partial charge is 0.388 e. The van der Waals surface area contributed by atoms with Crippen molar-refractivity contribution in [3.8, 4) is 5.69 Å². The second-order valence-corrected chi connectivity index (χ2v) is 6.59. The molecular formula is C28H32N2. The summed E-state index contributed by atoms with van der Waals surface area (Å²) < 4.78 is 2.13. The van der Waals surface area contributed by atoms with Crippen LogP contribution in [0.15, 0.2) is 67.3 Å². The molecule has 0 radical (unpaired) electrons. The van der Waals surface area contributed by atoms with E-state index in [0.29, 0.717) is 0 Å². The average molecular weight is 397 g/mol. The van der Waals surface area contributed by atoms with E-state index >= 15 is 0 Å². The molecule has 0 atom stereocenters. The predicted octanol–water partition coefficient (Wildman–Crippen LogP) is 6.04. The minimum absolute atomic E-state index is 0.928. The normalized spacial score (nSPS) is 10.8. The number of benzene rings is 2. The topological polar surface area (TPSA) is 17.0 Å². The van der Waals surface area contributed by atoms with Gasteiger partial charge in [0.15, 0.2) is 0 Å². The Kier molecular flexibility index (Phi) is 8.25. The average Bonchev–Trinajstić information content (AvgIpc) is 3.00. The zero-order valence-corrected chi connectivity index (χ0v) is 18.6. The summed E-state index contributed by atoms with van der Waals surface area (Å²) in [6, 6.07) is 16.6. The van der Waals surface area contributed by atoms with E-state index in [9.17, 15) is 0 Å². The number of aromatic nitrogens is 1. The lowest BCUT2D eigenvalue weighted by atomic mass is 10.1. The maximum atomic E-state index is 4.32. The molecule has 1 N–H and O–H groups in total. The highest BCUT2D eigenvalue weighted by Gasteiger charge is 2.10. The SMILES string of the molecule is C=C/C=C\c1c(C)c(=C)n(-c2ccccc2/C=C/c2ccccc2NC)c1=C.CC. The first-order valence-corrected chi connectivity index (χ1v) is 10.3. The van der Waals surface area contributed by atoms with Crippen molar-refractivity contribution in [3.63, 3.8) is 0 Å². The molecule has 0 saturated heterocycles. The van der Waals surface area contributed by atoms with Gasteiger partial charge in [-0.15, -0.1) is 0 Å². The molecule has 0 amide bonds. The summed E-state index contributed by atoms with van der Waals surface area (Å²) in [5.74, 6) is 0. The summed E-state index contributed by atoms with van der Waals surface area (Å²) in [5, 5.41) is 5.11. The minimum atomic E-state index is 0.928. The van der Waals surface area contributed by atoms with Crippen LogP contribution in [0.4, 0.5) is 5.69 Å². The van der Waals surface area contributed by atoms with Crippen LogP contribution in [0.2, 0.25) is 0 Å². The molecule has 0 spiro atoms. The lowest BCUT2D eigenvalue weighted by Crippen LogP contribution is -2.24. The Bertz CT molecular complexity index is 1160. The van der Waals surface area contributed by atoms with Gasteiger partial charge >= 0.3 is 0 Å². The van der Waals surface area contributed by atoms with E-state index in [1.165, 1.54) is 0 Å². The fourth-order valence-electron chi connectivity index (χ4n) is 3.38. The van der Waals surface area contributed by atoms with Crippen LogP contribution in [0.3, 0.4) is 0 Å². The molecule has 0 aliphatic rings. The minimum Gasteiger partial charge on any atom is -0.388 e. The van der Waals surface area contributed by atoms with Crippen molar-refractivity contribution < 1.29 is 0 Å². The van der Waals surface area contributed by atoms with E-state index in [4.69, 9.17) is 0 Å². The molecule has 0 bridgehead atoms. The number of anilines is 1. The van der Waals surface area contributed by atoms with Crippen molar-refractivity contribution in [2.45, 2.75) is 20.8 Å². The van der Waals surface area contributed by atoms with Crippen LogP contribution >= 0.6 is 0 Å². The highest BCUT2D eigenvalue weighted by atomic mass is 15.0. The van der Waals surface area contributed by atoms with Crippen molar-refractivity contribution in [3.05, 3.63) is 100 Å². The smallest absolute Gasteiger partial charge is 0.0533 e. The summed E-state index contributed by atoms with van der Waals surface area (Å²) in [4.78, 5) is 0. The quantitative estimate of drug-likeness (QED) is 0.397. The number of nitrogens with zero attached hydrogens (tertiary/aromatic N) is 1. The monoisotopic (exact) mass is 396 g/mol. The molecule has 0 aliphatic carbocycles. The van der Waals surface area contributed by atoms with Crippen LogP contribution in [-0.2, 0) is 0 Å². The van der Waals surface area contributed by atoms with Crippen LogP contribution in [-0.4, -0.2) is 11.6 Å². The molecule has 1 heterocycles. The highest BCUT2D eigenvalue weighted by molar-refractivity contribution is 5.79. The molecule has 3 rings (SSSR count). The van der Waals surface area contributed by atoms with E-state index in [1.54, 1.807) is 6.08 Å². The standard InChI is InChI=1S/C26H26N2.C2H6/c1-6-7-14-24-19(2)20(3)28(21(24)4)26-16-11-9-13-23(26)18-17-22-12-8-10-15-25(22)27-5;1-2/h6-18,27H,1,3-4H2,2,5H3;1-2H3/b14-7-,18-17+;. The maximum Gasteiger partial charge on any atom is 0.0533 e. The van der Waals surface area contributed by atoms with Crippen LogP contribution < -0.4 is 16.0 Å². The summed E-state index contributed by atoms with van der Waals surface area (Å²) in [6.07, 6.45) is 10.0. The van der Waals surface area contributed by atoms with E-state index in [2.05, 4.69) is 73.0 Å². The second kappa shape index (κ2) is 10.9. The number of nitrogens with one attached hydrogen (secondary N) is 1. The van der Waals surface area contributed by atoms with E-state index < -0.39 is 0 Å². The van der Waals surface area contributed by atoms with Crippen LogP contribution in [0.1, 0.15) is 36.1 Å². The van der Waals surface area contributed by atoms with Gasteiger partial charge in [0.1, 0.15) is 0 Å². The Morgan fingerprint density at radius 3 is 2.10 bits per heavy atom. The van der Waals surface area contributed by atoms with Crippen LogP contribution in [0.5, 0.6) is 0 Å². The highest BCUT2D eigenvalue weighted by Crippen LogP contribution is 2.20. The number of hydrogen-bond acceptors (Lipinski definition) is 1. The summed E-state index contributed by atoms with van der Waals surface area (Å²) in [7, 11) is 1.94. The third kappa shape index (κ3) is 4.72. The zero-order valence-electron chi connectivity index (χ0n) is 18.6. The number of hydrogen-bond donors (Lipinski definition) is 1. The summed E-state index contributed by atoms with van der Waals surface area (Å²) in [5.41, 5.74) is 6.63. The lowest BCUT2D eigenvalue weighted by Gasteiger charge is -2.10. The number of allylic oxidation sites excluding steroid dienone is 2. The van der Waals surface area contributed by atoms with Gasteiger partial charge in [0.25, 0.3) is 0 Å². The van der Waals surface area contributed by atoms with Crippen molar-refractivity contribution in [1.29, 1.82) is 0 Å². The van der Waals surface area contributed by atoms with Crippen molar-refractivity contribution in [1.82, 2.24) is 4.57 Å². The van der Waals surface area contributed by atoms with Gasteiger partial charge in [-0.3, -0.25) is 0 Å². The molecule has 2 aromatic carbocycles. The van der Waals surface area contributed by atoms with Gasteiger partial charge in [-0.1, -0.05) is 100 Å². The molecule has 0 aliphatic heterocycles. The first-order chi connectivity index (χ1) is 14.6. The lowest BCUT2D eigenvalue weighted by molar-refractivity contribution is 0.992. The molecule has 3 aromatic rings. The maximum absolute atomic E-state index is 4.32. The van der Waals surface area contributed by atoms with Crippen LogP contribution in [0, 0.1) is 6.92 Å². The van der Waals surface area contributed by atoms with Gasteiger partial charge in [-0.05, 0) is 35.7 Å². The fraction of sp³-hybridized carbons (Fsp3) is 0.143. The van der Waals surface area contributed by atoms with Gasteiger partial charge in [-0.25, -0.2) is 0 Å². The Morgan fingerprint density at radius 2 is 1.43 bits per heavy atom. The predicted molar refractivity (Wildman–Crippen MR) is 136 cm³/mol.